The predicted octanol–water partition coefficient (Wildman–Crippen LogP) is 2.13. The van der Waals surface area contributed by atoms with Crippen LogP contribution in [0.3, 0.4) is 0 Å². The van der Waals surface area contributed by atoms with Gasteiger partial charge in [0.15, 0.2) is 5.78 Å². The second-order valence-electron chi connectivity index (χ2n) is 5.39. The SMILES string of the molecule is COc1ccc(C(=O)CCN2CCCC2C(=O)O)c(C)c1. The molecule has 1 fully saturated rings. The van der Waals surface area contributed by atoms with E-state index in [2.05, 4.69) is 0 Å². The average molecular weight is 291 g/mol. The maximum absolute atomic E-state index is 12.3. The Labute approximate surface area is 124 Å². The number of rotatable bonds is 6. The average Bonchev–Trinajstić information content (AvgIpc) is 2.93. The van der Waals surface area contributed by atoms with Crippen molar-refractivity contribution in [3.8, 4) is 5.75 Å². The Balaban J connectivity index is 1.97. The summed E-state index contributed by atoms with van der Waals surface area (Å²) in [5, 5.41) is 9.13. The number of carbonyl (C=O) groups is 2. The van der Waals surface area contributed by atoms with Gasteiger partial charge in [0.2, 0.25) is 0 Å². The maximum Gasteiger partial charge on any atom is 0.320 e. The van der Waals surface area contributed by atoms with Gasteiger partial charge in [-0.3, -0.25) is 14.5 Å². The van der Waals surface area contributed by atoms with Gasteiger partial charge >= 0.3 is 5.97 Å². The third kappa shape index (κ3) is 3.61. The quantitative estimate of drug-likeness (QED) is 0.813. The van der Waals surface area contributed by atoms with Gasteiger partial charge in [-0.05, 0) is 50.1 Å². The van der Waals surface area contributed by atoms with E-state index < -0.39 is 12.0 Å². The number of nitrogens with zero attached hydrogens (tertiary/aromatic N) is 1. The number of ketones is 1. The zero-order valence-corrected chi connectivity index (χ0v) is 12.5. The number of aryl methyl sites for hydroxylation is 1. The van der Waals surface area contributed by atoms with E-state index in [1.807, 2.05) is 17.9 Å². The zero-order valence-electron chi connectivity index (χ0n) is 12.5. The van der Waals surface area contributed by atoms with Crippen LogP contribution in [0.1, 0.15) is 35.2 Å². The van der Waals surface area contributed by atoms with E-state index in [1.54, 1.807) is 19.2 Å². The second kappa shape index (κ2) is 6.72. The van der Waals surface area contributed by atoms with Crippen LogP contribution in [0, 0.1) is 6.92 Å². The summed E-state index contributed by atoms with van der Waals surface area (Å²) in [7, 11) is 1.59. The number of ether oxygens (including phenoxy) is 1. The molecule has 1 aliphatic rings. The number of benzene rings is 1. The first-order valence-electron chi connectivity index (χ1n) is 7.17. The number of likely N-dealkylation sites (tertiary alicyclic amines) is 1. The number of Topliss-reactive ketones (excluding diaryl/α,β-unsaturated/α-hetero) is 1. The molecule has 0 aliphatic carbocycles. The standard InChI is InChI=1S/C16H21NO4/c1-11-10-12(21-2)5-6-13(11)15(18)7-9-17-8-3-4-14(17)16(19)20/h5-6,10,14H,3-4,7-9H2,1-2H3,(H,19,20). The molecule has 1 aromatic rings. The first-order chi connectivity index (χ1) is 10.0. The minimum atomic E-state index is -0.791. The summed E-state index contributed by atoms with van der Waals surface area (Å²) in [5.41, 5.74) is 1.57. The van der Waals surface area contributed by atoms with Gasteiger partial charge < -0.3 is 9.84 Å². The lowest BCUT2D eigenvalue weighted by Crippen LogP contribution is -2.37. The van der Waals surface area contributed by atoms with Crippen LogP contribution in [-0.4, -0.2) is 48.0 Å². The first-order valence-corrected chi connectivity index (χ1v) is 7.17. The van der Waals surface area contributed by atoms with Crippen LogP contribution in [-0.2, 0) is 4.79 Å². The fourth-order valence-electron chi connectivity index (χ4n) is 2.83. The van der Waals surface area contributed by atoms with Crippen LogP contribution in [0.5, 0.6) is 5.75 Å². The van der Waals surface area contributed by atoms with Gasteiger partial charge in [0.25, 0.3) is 0 Å². The molecule has 1 N–H and O–H groups in total. The van der Waals surface area contributed by atoms with Gasteiger partial charge in [-0.2, -0.15) is 0 Å². The molecule has 1 heterocycles. The molecule has 0 saturated carbocycles. The van der Waals surface area contributed by atoms with E-state index in [0.717, 1.165) is 24.3 Å². The molecule has 1 aromatic carbocycles. The number of carbonyl (C=O) groups excluding carboxylic acids is 1. The Bertz CT molecular complexity index is 541. The number of carboxylic acids is 1. The summed E-state index contributed by atoms with van der Waals surface area (Å²) < 4.78 is 5.13. The van der Waals surface area contributed by atoms with E-state index in [9.17, 15) is 9.59 Å². The smallest absolute Gasteiger partial charge is 0.320 e. The lowest BCUT2D eigenvalue weighted by molar-refractivity contribution is -0.142. The summed E-state index contributed by atoms with van der Waals surface area (Å²) in [6, 6.07) is 4.95. The molecule has 0 amide bonds. The van der Waals surface area contributed by atoms with Crippen molar-refractivity contribution in [2.45, 2.75) is 32.2 Å². The second-order valence-corrected chi connectivity index (χ2v) is 5.39. The fraction of sp³-hybridized carbons (Fsp3) is 0.500. The highest BCUT2D eigenvalue weighted by molar-refractivity contribution is 5.97. The van der Waals surface area contributed by atoms with Crippen LogP contribution < -0.4 is 4.74 Å². The van der Waals surface area contributed by atoms with Crippen LogP contribution in [0.25, 0.3) is 0 Å². The third-order valence-electron chi connectivity index (χ3n) is 4.01. The monoisotopic (exact) mass is 291 g/mol. The predicted molar refractivity (Wildman–Crippen MR) is 78.9 cm³/mol. The number of hydrogen-bond donors (Lipinski definition) is 1. The molecule has 1 aliphatic heterocycles. The zero-order chi connectivity index (χ0) is 15.4. The van der Waals surface area contributed by atoms with E-state index in [4.69, 9.17) is 9.84 Å². The van der Waals surface area contributed by atoms with Crippen molar-refractivity contribution >= 4 is 11.8 Å². The molecule has 1 unspecified atom stereocenters. The fourth-order valence-corrected chi connectivity index (χ4v) is 2.83. The maximum atomic E-state index is 12.3. The van der Waals surface area contributed by atoms with Crippen molar-refractivity contribution < 1.29 is 19.4 Å². The number of aliphatic carboxylic acids is 1. The minimum absolute atomic E-state index is 0.0474. The molecule has 5 heteroatoms. The number of hydrogen-bond acceptors (Lipinski definition) is 4. The van der Waals surface area contributed by atoms with Crippen molar-refractivity contribution in [2.24, 2.45) is 0 Å². The topological polar surface area (TPSA) is 66.8 Å². The summed E-state index contributed by atoms with van der Waals surface area (Å²) >= 11 is 0. The normalized spacial score (nSPS) is 18.7. The summed E-state index contributed by atoms with van der Waals surface area (Å²) in [5.74, 6) is -0.0127. The third-order valence-corrected chi connectivity index (χ3v) is 4.01. The lowest BCUT2D eigenvalue weighted by atomic mass is 10.0. The Hall–Kier alpha value is -1.88. The Kier molecular flexibility index (Phi) is 4.96. The molecule has 0 bridgehead atoms. The summed E-state index contributed by atoms with van der Waals surface area (Å²) in [6.07, 6.45) is 1.90. The Morgan fingerprint density at radius 1 is 1.43 bits per heavy atom. The Morgan fingerprint density at radius 3 is 2.81 bits per heavy atom. The molecule has 5 nitrogen and oxygen atoms in total. The van der Waals surface area contributed by atoms with Gasteiger partial charge in [0.1, 0.15) is 11.8 Å². The van der Waals surface area contributed by atoms with Gasteiger partial charge in [-0.15, -0.1) is 0 Å². The van der Waals surface area contributed by atoms with Crippen LogP contribution >= 0.6 is 0 Å². The molecule has 21 heavy (non-hydrogen) atoms. The van der Waals surface area contributed by atoms with Gasteiger partial charge in [-0.1, -0.05) is 0 Å². The largest absolute Gasteiger partial charge is 0.497 e. The molecule has 0 aromatic heterocycles. The van der Waals surface area contributed by atoms with Gasteiger partial charge in [0.05, 0.1) is 7.11 Å². The number of methoxy groups -OCH3 is 1. The lowest BCUT2D eigenvalue weighted by Gasteiger charge is -2.20. The van der Waals surface area contributed by atoms with Crippen molar-refractivity contribution in [3.63, 3.8) is 0 Å². The molecular weight excluding hydrogens is 270 g/mol. The van der Waals surface area contributed by atoms with Crippen molar-refractivity contribution in [3.05, 3.63) is 29.3 Å². The molecule has 0 radical (unpaired) electrons. The summed E-state index contributed by atoms with van der Waals surface area (Å²) in [6.45, 7) is 3.14. The first kappa shape index (κ1) is 15.5. The van der Waals surface area contributed by atoms with Crippen molar-refractivity contribution in [1.82, 2.24) is 4.90 Å². The van der Waals surface area contributed by atoms with Crippen LogP contribution in [0.4, 0.5) is 0 Å². The van der Waals surface area contributed by atoms with Gasteiger partial charge in [-0.25, -0.2) is 0 Å². The van der Waals surface area contributed by atoms with Gasteiger partial charge in [0, 0.05) is 18.5 Å². The van der Waals surface area contributed by atoms with Crippen LogP contribution in [0.15, 0.2) is 18.2 Å². The highest BCUT2D eigenvalue weighted by Crippen LogP contribution is 2.20. The number of carboxylic acid groups (broad SMARTS) is 1. The molecule has 1 saturated heterocycles. The molecule has 0 spiro atoms. The van der Waals surface area contributed by atoms with E-state index in [0.29, 0.717) is 24.9 Å². The van der Waals surface area contributed by atoms with E-state index in [-0.39, 0.29) is 5.78 Å². The highest BCUT2D eigenvalue weighted by atomic mass is 16.5. The summed E-state index contributed by atoms with van der Waals surface area (Å²) in [4.78, 5) is 25.3. The van der Waals surface area contributed by atoms with E-state index >= 15 is 0 Å². The molecule has 114 valence electrons. The molecule has 1 atom stereocenters. The van der Waals surface area contributed by atoms with E-state index in [1.165, 1.54) is 0 Å². The Morgan fingerprint density at radius 2 is 2.19 bits per heavy atom. The highest BCUT2D eigenvalue weighted by Gasteiger charge is 2.30. The molecular formula is C16H21NO4. The van der Waals surface area contributed by atoms with Crippen LogP contribution in [0.2, 0.25) is 0 Å². The molecule has 2 rings (SSSR count). The van der Waals surface area contributed by atoms with Crippen molar-refractivity contribution in [2.75, 3.05) is 20.2 Å². The minimum Gasteiger partial charge on any atom is -0.497 e. The van der Waals surface area contributed by atoms with Crippen molar-refractivity contribution in [1.29, 1.82) is 0 Å².